The molecule has 0 bridgehead atoms. The van der Waals surface area contributed by atoms with Crippen molar-refractivity contribution in [2.75, 3.05) is 73.0 Å². The van der Waals surface area contributed by atoms with Crippen molar-refractivity contribution >= 4 is 11.5 Å². The summed E-state index contributed by atoms with van der Waals surface area (Å²) in [6, 6.07) is 17.3. The van der Waals surface area contributed by atoms with Crippen LogP contribution in [0.5, 0.6) is 0 Å². The molecule has 0 saturated heterocycles. The summed E-state index contributed by atoms with van der Waals surface area (Å²) < 4.78 is 21.7. The molecule has 202 valence electrons. The zero-order chi connectivity index (χ0) is 26.1. The molecule has 0 unspecified atom stereocenters. The second-order valence-corrected chi connectivity index (χ2v) is 9.02. The van der Waals surface area contributed by atoms with Gasteiger partial charge in [0.15, 0.2) is 0 Å². The molecule has 1 aliphatic carbocycles. The molecule has 1 amide bonds. The third-order valence-electron chi connectivity index (χ3n) is 6.36. The van der Waals surface area contributed by atoms with Crippen LogP contribution in [0.2, 0.25) is 0 Å². The molecule has 2 N–H and O–H groups in total. The third-order valence-corrected chi connectivity index (χ3v) is 6.36. The normalized spacial score (nSPS) is 12.5. The highest BCUT2D eigenvalue weighted by Gasteiger charge is 2.17. The van der Waals surface area contributed by atoms with Crippen molar-refractivity contribution in [1.82, 2.24) is 4.90 Å². The Morgan fingerprint density at radius 3 is 1.81 bits per heavy atom. The number of nitrogens with two attached hydrogens (primary N) is 1. The summed E-state index contributed by atoms with van der Waals surface area (Å²) >= 11 is 0. The Morgan fingerprint density at radius 2 is 1.27 bits per heavy atom. The van der Waals surface area contributed by atoms with Gasteiger partial charge in [-0.2, -0.15) is 0 Å². The van der Waals surface area contributed by atoms with E-state index in [2.05, 4.69) is 54.6 Å². The molecule has 7 heteroatoms. The number of nitrogens with zero attached hydrogens (tertiary/aromatic N) is 1. The van der Waals surface area contributed by atoms with Gasteiger partial charge in [-0.1, -0.05) is 54.6 Å². The average molecular weight is 511 g/mol. The van der Waals surface area contributed by atoms with E-state index in [0.717, 1.165) is 19.3 Å². The zero-order valence-electron chi connectivity index (χ0n) is 22.2. The van der Waals surface area contributed by atoms with Gasteiger partial charge in [0.1, 0.15) is 0 Å². The molecule has 37 heavy (non-hydrogen) atoms. The van der Waals surface area contributed by atoms with E-state index < -0.39 is 0 Å². The lowest BCUT2D eigenvalue weighted by Gasteiger charge is -2.17. The minimum absolute atomic E-state index is 0.0891. The summed E-state index contributed by atoms with van der Waals surface area (Å²) in [5.74, 6) is 0.0891. The van der Waals surface area contributed by atoms with Crippen molar-refractivity contribution in [2.45, 2.75) is 25.7 Å². The molecule has 7 nitrogen and oxygen atoms in total. The van der Waals surface area contributed by atoms with E-state index in [4.69, 9.17) is 24.7 Å². The maximum atomic E-state index is 12.5. The number of hydrogen-bond donors (Lipinski definition) is 1. The third kappa shape index (κ3) is 10.0. The predicted octanol–water partition coefficient (Wildman–Crippen LogP) is 3.48. The zero-order valence-corrected chi connectivity index (χ0v) is 22.2. The van der Waals surface area contributed by atoms with E-state index in [-0.39, 0.29) is 5.91 Å². The van der Waals surface area contributed by atoms with Gasteiger partial charge in [0, 0.05) is 20.1 Å². The largest absolute Gasteiger partial charge is 0.379 e. The maximum absolute atomic E-state index is 12.5. The van der Waals surface area contributed by atoms with Crippen molar-refractivity contribution in [1.29, 1.82) is 0 Å². The first-order chi connectivity index (χ1) is 18.2. The smallest absolute Gasteiger partial charge is 0.224 e. The Morgan fingerprint density at radius 1 is 0.784 bits per heavy atom. The Balaban J connectivity index is 1.32. The first-order valence-corrected chi connectivity index (χ1v) is 13.3. The minimum Gasteiger partial charge on any atom is -0.379 e. The number of ether oxygens (including phenoxy) is 4. The number of carbonyl (C=O) groups is 1. The van der Waals surface area contributed by atoms with Crippen LogP contribution in [0.15, 0.2) is 54.6 Å². The van der Waals surface area contributed by atoms with Crippen LogP contribution in [0, 0.1) is 0 Å². The summed E-state index contributed by atoms with van der Waals surface area (Å²) in [7, 11) is 1.86. The van der Waals surface area contributed by atoms with Crippen LogP contribution in [0.25, 0.3) is 5.57 Å². The standard InChI is InChI=1S/C30H42N2O5/c1-32(30(33)14-17-34-19-21-36-23-24-37-22-20-35-18-15-31)16-6-11-29-27-9-4-2-7-25(27)12-13-26-8-3-5-10-28(26)29/h2-5,7-11H,6,12-24,31H2,1H3. The average Bonchev–Trinajstić information content (AvgIpc) is 3.08. The molecule has 2 aromatic rings. The number of rotatable bonds is 17. The van der Waals surface area contributed by atoms with E-state index >= 15 is 0 Å². The number of carbonyl (C=O) groups excluding carboxylic acids is 1. The molecule has 0 atom stereocenters. The summed E-state index contributed by atoms with van der Waals surface area (Å²) in [4.78, 5) is 14.3. The molecule has 0 heterocycles. The van der Waals surface area contributed by atoms with Crippen LogP contribution in [-0.2, 0) is 36.6 Å². The van der Waals surface area contributed by atoms with E-state index in [1.807, 2.05) is 7.05 Å². The molecule has 0 saturated carbocycles. The lowest BCUT2D eigenvalue weighted by molar-refractivity contribution is -0.131. The van der Waals surface area contributed by atoms with Crippen molar-refractivity contribution in [2.24, 2.45) is 5.73 Å². The van der Waals surface area contributed by atoms with Crippen LogP contribution in [0.3, 0.4) is 0 Å². The van der Waals surface area contributed by atoms with Crippen molar-refractivity contribution < 1.29 is 23.7 Å². The van der Waals surface area contributed by atoms with Crippen molar-refractivity contribution in [3.05, 3.63) is 76.9 Å². The monoisotopic (exact) mass is 510 g/mol. The van der Waals surface area contributed by atoms with Gasteiger partial charge in [-0.3, -0.25) is 4.79 Å². The van der Waals surface area contributed by atoms with Gasteiger partial charge in [0.2, 0.25) is 5.91 Å². The quantitative estimate of drug-likeness (QED) is 0.328. The Kier molecular flexibility index (Phi) is 13.4. The molecular formula is C30H42N2O5. The summed E-state index contributed by atoms with van der Waals surface area (Å²) in [5.41, 5.74) is 12.0. The minimum atomic E-state index is 0.0891. The van der Waals surface area contributed by atoms with Gasteiger partial charge < -0.3 is 29.6 Å². The Hall–Kier alpha value is -2.55. The van der Waals surface area contributed by atoms with Gasteiger partial charge in [-0.15, -0.1) is 0 Å². The molecular weight excluding hydrogens is 468 g/mol. The van der Waals surface area contributed by atoms with E-state index in [0.29, 0.717) is 72.4 Å². The summed E-state index contributed by atoms with van der Waals surface area (Å²) in [5, 5.41) is 0. The molecule has 0 aliphatic heterocycles. The van der Waals surface area contributed by atoms with Gasteiger partial charge in [-0.05, 0) is 47.1 Å². The van der Waals surface area contributed by atoms with Gasteiger partial charge in [0.25, 0.3) is 0 Å². The highest BCUT2D eigenvalue weighted by Crippen LogP contribution is 2.33. The van der Waals surface area contributed by atoms with Crippen molar-refractivity contribution in [3.8, 4) is 0 Å². The number of amides is 1. The van der Waals surface area contributed by atoms with Crippen molar-refractivity contribution in [3.63, 3.8) is 0 Å². The summed E-state index contributed by atoms with van der Waals surface area (Å²) in [6.45, 7) is 5.18. The number of fused-ring (bicyclic) bond motifs is 2. The fraction of sp³-hybridized carbons (Fsp3) is 0.500. The Labute approximate surface area is 221 Å². The first kappa shape index (κ1) is 29.0. The fourth-order valence-corrected chi connectivity index (χ4v) is 4.36. The highest BCUT2D eigenvalue weighted by molar-refractivity contribution is 5.84. The Bertz CT molecular complexity index is 928. The lowest BCUT2D eigenvalue weighted by Crippen LogP contribution is -2.28. The summed E-state index contributed by atoms with van der Waals surface area (Å²) in [6.07, 6.45) is 5.55. The SMILES string of the molecule is CN(CCC=C1c2ccccc2CCc2ccccc21)C(=O)CCOCCOCCOCCOCCN. The van der Waals surface area contributed by atoms with Crippen LogP contribution < -0.4 is 5.73 Å². The number of benzene rings is 2. The molecule has 0 spiro atoms. The molecule has 0 aromatic heterocycles. The topological polar surface area (TPSA) is 83.2 Å². The highest BCUT2D eigenvalue weighted by atomic mass is 16.6. The van der Waals surface area contributed by atoms with Crippen LogP contribution in [-0.4, -0.2) is 83.8 Å². The first-order valence-electron chi connectivity index (χ1n) is 13.3. The molecule has 1 aliphatic rings. The van der Waals surface area contributed by atoms with Crippen LogP contribution in [0.1, 0.15) is 35.1 Å². The molecule has 0 radical (unpaired) electrons. The fourth-order valence-electron chi connectivity index (χ4n) is 4.36. The lowest BCUT2D eigenvalue weighted by atomic mass is 9.93. The second-order valence-electron chi connectivity index (χ2n) is 9.02. The van der Waals surface area contributed by atoms with Gasteiger partial charge in [-0.25, -0.2) is 0 Å². The molecule has 2 aromatic carbocycles. The van der Waals surface area contributed by atoms with Gasteiger partial charge >= 0.3 is 0 Å². The van der Waals surface area contributed by atoms with E-state index in [1.54, 1.807) is 4.90 Å². The molecule has 3 rings (SSSR count). The molecule has 0 fully saturated rings. The number of hydrogen-bond acceptors (Lipinski definition) is 6. The maximum Gasteiger partial charge on any atom is 0.224 e. The number of aryl methyl sites for hydroxylation is 2. The van der Waals surface area contributed by atoms with E-state index in [1.165, 1.54) is 27.8 Å². The van der Waals surface area contributed by atoms with Gasteiger partial charge in [0.05, 0.1) is 59.3 Å². The predicted molar refractivity (Wildman–Crippen MR) is 147 cm³/mol. The second kappa shape index (κ2) is 17.1. The van der Waals surface area contributed by atoms with Crippen LogP contribution >= 0.6 is 0 Å². The van der Waals surface area contributed by atoms with E-state index in [9.17, 15) is 4.79 Å². The van der Waals surface area contributed by atoms with Crippen LogP contribution in [0.4, 0.5) is 0 Å².